The molecule has 1 N–H and O–H groups in total. The third kappa shape index (κ3) is 3.75. The Hall–Kier alpha value is -3.55. The van der Waals surface area contributed by atoms with E-state index in [1.807, 2.05) is 19.2 Å². The van der Waals surface area contributed by atoms with E-state index >= 15 is 0 Å². The summed E-state index contributed by atoms with van der Waals surface area (Å²) in [5.41, 5.74) is 2.79. The molecule has 8 heteroatoms. The molecule has 28 heavy (non-hydrogen) atoms. The van der Waals surface area contributed by atoms with Crippen LogP contribution in [0.5, 0.6) is 17.2 Å². The molecule has 0 bridgehead atoms. The molecule has 3 aromatic rings. The molecule has 1 aliphatic heterocycles. The molecule has 2 aromatic heterocycles. The highest BCUT2D eigenvalue weighted by molar-refractivity contribution is 5.80. The zero-order chi connectivity index (χ0) is 19.5. The summed E-state index contributed by atoms with van der Waals surface area (Å²) in [6.45, 7) is 2.25. The van der Waals surface area contributed by atoms with Crippen LogP contribution >= 0.6 is 0 Å². The summed E-state index contributed by atoms with van der Waals surface area (Å²) < 4.78 is 18.1. The third-order valence-electron chi connectivity index (χ3n) is 4.40. The summed E-state index contributed by atoms with van der Waals surface area (Å²) in [5, 5.41) is 7.04. The molecule has 144 valence electrons. The minimum atomic E-state index is -0.659. The molecule has 1 aliphatic rings. The molecule has 0 aliphatic carbocycles. The largest absolute Gasteiger partial charge is 0.481 e. The number of carbonyl (C=O) groups excluding carboxylic acids is 1. The van der Waals surface area contributed by atoms with Crippen LogP contribution in [-0.2, 0) is 18.4 Å². The zero-order valence-electron chi connectivity index (χ0n) is 15.6. The van der Waals surface area contributed by atoms with Crippen molar-refractivity contribution in [3.8, 4) is 28.5 Å². The molecule has 3 heterocycles. The number of nitrogens with one attached hydrogen (secondary N) is 1. The maximum absolute atomic E-state index is 12.4. The SMILES string of the molecule is CC(Oc1ccc2c(c1)OCO2)C(=O)NCc1cncc(-c2ccnn2C)c1. The molecule has 0 radical (unpaired) electrons. The van der Waals surface area contributed by atoms with E-state index in [1.54, 1.807) is 48.4 Å². The molecule has 0 spiro atoms. The molecule has 1 unspecified atom stereocenters. The van der Waals surface area contributed by atoms with Crippen LogP contribution in [0.1, 0.15) is 12.5 Å². The number of benzene rings is 1. The van der Waals surface area contributed by atoms with Crippen molar-refractivity contribution in [1.82, 2.24) is 20.1 Å². The van der Waals surface area contributed by atoms with Crippen LogP contribution in [0.3, 0.4) is 0 Å². The summed E-state index contributed by atoms with van der Waals surface area (Å²) in [4.78, 5) is 16.7. The molecule has 1 amide bonds. The second-order valence-electron chi connectivity index (χ2n) is 6.41. The molecular formula is C20H20N4O4. The lowest BCUT2D eigenvalue weighted by molar-refractivity contribution is -0.127. The van der Waals surface area contributed by atoms with Crippen LogP contribution in [0.2, 0.25) is 0 Å². The minimum Gasteiger partial charge on any atom is -0.481 e. The van der Waals surface area contributed by atoms with Crippen molar-refractivity contribution in [2.45, 2.75) is 19.6 Å². The Morgan fingerprint density at radius 3 is 2.93 bits per heavy atom. The fourth-order valence-corrected chi connectivity index (χ4v) is 2.92. The van der Waals surface area contributed by atoms with Gasteiger partial charge in [0.2, 0.25) is 6.79 Å². The van der Waals surface area contributed by atoms with Crippen molar-refractivity contribution in [3.63, 3.8) is 0 Å². The van der Waals surface area contributed by atoms with E-state index in [1.165, 1.54) is 0 Å². The number of amides is 1. The van der Waals surface area contributed by atoms with Crippen LogP contribution in [0.4, 0.5) is 0 Å². The van der Waals surface area contributed by atoms with Crippen molar-refractivity contribution in [2.24, 2.45) is 7.05 Å². The molecule has 0 saturated heterocycles. The first kappa shape index (κ1) is 17.8. The van der Waals surface area contributed by atoms with Crippen molar-refractivity contribution < 1.29 is 19.0 Å². The van der Waals surface area contributed by atoms with Gasteiger partial charge in [-0.3, -0.25) is 14.5 Å². The van der Waals surface area contributed by atoms with E-state index in [0.717, 1.165) is 16.8 Å². The van der Waals surface area contributed by atoms with Crippen molar-refractivity contribution in [3.05, 3.63) is 54.5 Å². The first-order chi connectivity index (χ1) is 13.6. The van der Waals surface area contributed by atoms with Gasteiger partial charge >= 0.3 is 0 Å². The number of fused-ring (bicyclic) bond motifs is 1. The van der Waals surface area contributed by atoms with Gasteiger partial charge < -0.3 is 19.5 Å². The number of nitrogens with zero attached hydrogens (tertiary/aromatic N) is 3. The highest BCUT2D eigenvalue weighted by Crippen LogP contribution is 2.35. The van der Waals surface area contributed by atoms with E-state index in [-0.39, 0.29) is 12.7 Å². The third-order valence-corrected chi connectivity index (χ3v) is 4.40. The van der Waals surface area contributed by atoms with Gasteiger partial charge in [0.05, 0.1) is 5.69 Å². The van der Waals surface area contributed by atoms with E-state index in [4.69, 9.17) is 14.2 Å². The highest BCUT2D eigenvalue weighted by Gasteiger charge is 2.18. The first-order valence-electron chi connectivity index (χ1n) is 8.86. The van der Waals surface area contributed by atoms with Gasteiger partial charge in [-0.2, -0.15) is 5.10 Å². The fourth-order valence-electron chi connectivity index (χ4n) is 2.92. The summed E-state index contributed by atoms with van der Waals surface area (Å²) in [5.74, 6) is 1.61. The van der Waals surface area contributed by atoms with Gasteiger partial charge in [-0.15, -0.1) is 0 Å². The molecular weight excluding hydrogens is 360 g/mol. The Labute approximate surface area is 162 Å². The monoisotopic (exact) mass is 380 g/mol. The van der Waals surface area contributed by atoms with Crippen molar-refractivity contribution >= 4 is 5.91 Å². The predicted octanol–water partition coefficient (Wildman–Crippen LogP) is 2.29. The Bertz CT molecular complexity index is 1000. The lowest BCUT2D eigenvalue weighted by atomic mass is 10.1. The number of aromatic nitrogens is 3. The lowest BCUT2D eigenvalue weighted by Gasteiger charge is -2.15. The van der Waals surface area contributed by atoms with Crippen LogP contribution in [0.15, 0.2) is 48.9 Å². The average molecular weight is 380 g/mol. The number of pyridine rings is 1. The van der Waals surface area contributed by atoms with Crippen molar-refractivity contribution in [2.75, 3.05) is 6.79 Å². The predicted molar refractivity (Wildman–Crippen MR) is 101 cm³/mol. The molecule has 1 atom stereocenters. The second kappa shape index (κ2) is 7.59. The lowest BCUT2D eigenvalue weighted by Crippen LogP contribution is -2.35. The average Bonchev–Trinajstić information content (AvgIpc) is 3.34. The van der Waals surface area contributed by atoms with Gasteiger partial charge in [-0.25, -0.2) is 0 Å². The van der Waals surface area contributed by atoms with E-state index < -0.39 is 6.10 Å². The van der Waals surface area contributed by atoms with Gasteiger partial charge in [0, 0.05) is 43.8 Å². The van der Waals surface area contributed by atoms with Gasteiger partial charge in [0.15, 0.2) is 17.6 Å². The van der Waals surface area contributed by atoms with E-state index in [2.05, 4.69) is 15.4 Å². The van der Waals surface area contributed by atoms with E-state index in [9.17, 15) is 4.79 Å². The number of hydrogen-bond acceptors (Lipinski definition) is 6. The summed E-state index contributed by atoms with van der Waals surface area (Å²) in [6, 6.07) is 9.12. The second-order valence-corrected chi connectivity index (χ2v) is 6.41. The normalized spacial score (nSPS) is 13.2. The Morgan fingerprint density at radius 2 is 2.11 bits per heavy atom. The standard InChI is InChI=1S/C20H20N4O4/c1-13(28-16-3-4-18-19(8-16)27-12-26-18)20(25)22-10-14-7-15(11-21-9-14)17-5-6-23-24(17)2/h3-9,11,13H,10,12H2,1-2H3,(H,22,25). The number of aryl methyl sites for hydroxylation is 1. The molecule has 0 fully saturated rings. The summed E-state index contributed by atoms with van der Waals surface area (Å²) >= 11 is 0. The van der Waals surface area contributed by atoms with Crippen LogP contribution in [-0.4, -0.2) is 33.6 Å². The maximum Gasteiger partial charge on any atom is 0.261 e. The number of carbonyl (C=O) groups is 1. The van der Waals surface area contributed by atoms with Crippen LogP contribution in [0, 0.1) is 0 Å². The molecule has 8 nitrogen and oxygen atoms in total. The fraction of sp³-hybridized carbons (Fsp3) is 0.250. The molecule has 4 rings (SSSR count). The topological polar surface area (TPSA) is 87.5 Å². The minimum absolute atomic E-state index is 0.195. The van der Waals surface area contributed by atoms with Gasteiger partial charge in [0.25, 0.3) is 5.91 Å². The van der Waals surface area contributed by atoms with Gasteiger partial charge in [-0.1, -0.05) is 0 Å². The van der Waals surface area contributed by atoms with Crippen molar-refractivity contribution in [1.29, 1.82) is 0 Å². The molecule has 1 aromatic carbocycles. The Kier molecular flexibility index (Phi) is 4.84. The van der Waals surface area contributed by atoms with Gasteiger partial charge in [0.1, 0.15) is 5.75 Å². The number of hydrogen-bond donors (Lipinski definition) is 1. The first-order valence-corrected chi connectivity index (χ1v) is 8.86. The quantitative estimate of drug-likeness (QED) is 0.706. The zero-order valence-corrected chi connectivity index (χ0v) is 15.6. The Morgan fingerprint density at radius 1 is 1.25 bits per heavy atom. The summed E-state index contributed by atoms with van der Waals surface area (Å²) in [6.07, 6.45) is 4.57. The smallest absolute Gasteiger partial charge is 0.261 e. The van der Waals surface area contributed by atoms with Crippen LogP contribution < -0.4 is 19.5 Å². The van der Waals surface area contributed by atoms with Gasteiger partial charge in [-0.05, 0) is 36.8 Å². The number of rotatable bonds is 6. The Balaban J connectivity index is 1.36. The molecule has 0 saturated carbocycles. The van der Waals surface area contributed by atoms with E-state index in [0.29, 0.717) is 23.8 Å². The summed E-state index contributed by atoms with van der Waals surface area (Å²) in [7, 11) is 1.87. The number of ether oxygens (including phenoxy) is 3. The highest BCUT2D eigenvalue weighted by atomic mass is 16.7. The maximum atomic E-state index is 12.4. The van der Waals surface area contributed by atoms with Crippen LogP contribution in [0.25, 0.3) is 11.3 Å².